The van der Waals surface area contributed by atoms with Crippen molar-refractivity contribution in [2.45, 2.75) is 39.2 Å². The van der Waals surface area contributed by atoms with E-state index in [0.29, 0.717) is 5.95 Å². The number of nitrogens with one attached hydrogen (secondary N) is 1. The normalized spacial score (nSPS) is 19.2. The lowest BCUT2D eigenvalue weighted by Gasteiger charge is -2.36. The van der Waals surface area contributed by atoms with Gasteiger partial charge in [0.05, 0.1) is 18.0 Å². The second-order valence-corrected chi connectivity index (χ2v) is 6.74. The van der Waals surface area contributed by atoms with Crippen LogP contribution in [0.5, 0.6) is 0 Å². The van der Waals surface area contributed by atoms with Crippen LogP contribution in [0.3, 0.4) is 0 Å². The first-order valence-electron chi connectivity index (χ1n) is 7.62. The first-order valence-corrected chi connectivity index (χ1v) is 8.44. The number of piperidine rings is 1. The average Bonchev–Trinajstić information content (AvgIpc) is 2.87. The standard InChI is InChI=1S/C15H22N4OS/c1-3-16-15-17-13(12-8-10(2)21-14(12)18-15)19-7-5-4-6-11(19)9-20/h8,11,20H,3-7,9H2,1-2H3,(H,16,17,18). The van der Waals surface area contributed by atoms with E-state index in [1.807, 2.05) is 6.92 Å². The van der Waals surface area contributed by atoms with Gasteiger partial charge in [-0.1, -0.05) is 0 Å². The maximum Gasteiger partial charge on any atom is 0.226 e. The fraction of sp³-hybridized carbons (Fsp3) is 0.600. The molecule has 5 nitrogen and oxygen atoms in total. The van der Waals surface area contributed by atoms with Gasteiger partial charge in [0, 0.05) is 18.0 Å². The summed E-state index contributed by atoms with van der Waals surface area (Å²) in [5.41, 5.74) is 0. The largest absolute Gasteiger partial charge is 0.394 e. The van der Waals surface area contributed by atoms with Crippen molar-refractivity contribution in [2.75, 3.05) is 29.9 Å². The lowest BCUT2D eigenvalue weighted by Crippen LogP contribution is -2.42. The van der Waals surface area contributed by atoms with Gasteiger partial charge in [-0.15, -0.1) is 11.3 Å². The van der Waals surface area contributed by atoms with Crippen molar-refractivity contribution in [3.8, 4) is 0 Å². The third-order valence-electron chi connectivity index (χ3n) is 3.94. The van der Waals surface area contributed by atoms with Crippen molar-refractivity contribution < 1.29 is 5.11 Å². The first kappa shape index (κ1) is 14.5. The van der Waals surface area contributed by atoms with Crippen LogP contribution in [0.1, 0.15) is 31.1 Å². The Balaban J connectivity index is 2.09. The monoisotopic (exact) mass is 306 g/mol. The van der Waals surface area contributed by atoms with Gasteiger partial charge in [-0.05, 0) is 39.2 Å². The number of hydrogen-bond acceptors (Lipinski definition) is 6. The molecule has 6 heteroatoms. The Kier molecular flexibility index (Phi) is 4.26. The van der Waals surface area contributed by atoms with Crippen molar-refractivity contribution in [3.63, 3.8) is 0 Å². The second kappa shape index (κ2) is 6.15. The van der Waals surface area contributed by atoms with E-state index in [-0.39, 0.29) is 12.6 Å². The molecule has 1 unspecified atom stereocenters. The minimum atomic E-state index is 0.173. The van der Waals surface area contributed by atoms with E-state index in [1.54, 1.807) is 11.3 Å². The molecule has 1 atom stereocenters. The molecule has 0 aromatic carbocycles. The van der Waals surface area contributed by atoms with E-state index in [1.165, 1.54) is 11.3 Å². The van der Waals surface area contributed by atoms with Crippen LogP contribution in [0.25, 0.3) is 10.2 Å². The SMILES string of the molecule is CCNc1nc(N2CCCCC2CO)c2cc(C)sc2n1. The maximum absolute atomic E-state index is 9.67. The number of anilines is 2. The average molecular weight is 306 g/mol. The summed E-state index contributed by atoms with van der Waals surface area (Å²) in [7, 11) is 0. The van der Waals surface area contributed by atoms with Gasteiger partial charge in [0.1, 0.15) is 10.6 Å². The number of aliphatic hydroxyl groups is 1. The third-order valence-corrected chi connectivity index (χ3v) is 4.89. The highest BCUT2D eigenvalue weighted by molar-refractivity contribution is 7.18. The minimum absolute atomic E-state index is 0.173. The van der Waals surface area contributed by atoms with E-state index >= 15 is 0 Å². The molecule has 2 aromatic heterocycles. The van der Waals surface area contributed by atoms with Gasteiger partial charge in [-0.3, -0.25) is 0 Å². The van der Waals surface area contributed by atoms with Gasteiger partial charge in [-0.2, -0.15) is 4.98 Å². The van der Waals surface area contributed by atoms with Gasteiger partial charge in [0.25, 0.3) is 0 Å². The number of aromatic nitrogens is 2. The Bertz CT molecular complexity index is 627. The van der Waals surface area contributed by atoms with Crippen LogP contribution in [0, 0.1) is 6.92 Å². The maximum atomic E-state index is 9.67. The molecule has 1 fully saturated rings. The zero-order valence-corrected chi connectivity index (χ0v) is 13.4. The van der Waals surface area contributed by atoms with Crippen LogP contribution >= 0.6 is 11.3 Å². The van der Waals surface area contributed by atoms with Crippen molar-refractivity contribution >= 4 is 33.3 Å². The summed E-state index contributed by atoms with van der Waals surface area (Å²) >= 11 is 1.70. The lowest BCUT2D eigenvalue weighted by molar-refractivity contribution is 0.239. The molecule has 114 valence electrons. The van der Waals surface area contributed by atoms with Gasteiger partial charge >= 0.3 is 0 Å². The number of aryl methyl sites for hydroxylation is 1. The lowest BCUT2D eigenvalue weighted by atomic mass is 10.0. The Labute approximate surface area is 129 Å². The van der Waals surface area contributed by atoms with E-state index < -0.39 is 0 Å². The van der Waals surface area contributed by atoms with Gasteiger partial charge in [-0.25, -0.2) is 4.98 Å². The summed E-state index contributed by atoms with van der Waals surface area (Å²) in [6.07, 6.45) is 3.36. The molecule has 0 saturated carbocycles. The van der Waals surface area contributed by atoms with Gasteiger partial charge in [0.15, 0.2) is 0 Å². The summed E-state index contributed by atoms with van der Waals surface area (Å²) in [5.74, 6) is 1.66. The van der Waals surface area contributed by atoms with Crippen molar-refractivity contribution in [1.82, 2.24) is 9.97 Å². The van der Waals surface area contributed by atoms with Crippen LogP contribution in [-0.2, 0) is 0 Å². The number of hydrogen-bond donors (Lipinski definition) is 2. The van der Waals surface area contributed by atoms with Crippen molar-refractivity contribution in [1.29, 1.82) is 0 Å². The molecule has 3 rings (SSSR count). The second-order valence-electron chi connectivity index (χ2n) is 5.50. The molecule has 0 radical (unpaired) electrons. The molecule has 0 amide bonds. The van der Waals surface area contributed by atoms with Gasteiger partial charge < -0.3 is 15.3 Å². The van der Waals surface area contributed by atoms with E-state index in [4.69, 9.17) is 4.98 Å². The highest BCUT2D eigenvalue weighted by Gasteiger charge is 2.25. The van der Waals surface area contributed by atoms with Crippen LogP contribution in [0.15, 0.2) is 6.07 Å². The molecule has 3 heterocycles. The summed E-state index contributed by atoms with van der Waals surface area (Å²) in [5, 5.41) is 14.0. The molecule has 2 N–H and O–H groups in total. The summed E-state index contributed by atoms with van der Waals surface area (Å²) in [6.45, 7) is 6.09. The van der Waals surface area contributed by atoms with Gasteiger partial charge in [0.2, 0.25) is 5.95 Å². The fourth-order valence-corrected chi connectivity index (χ4v) is 3.83. The zero-order chi connectivity index (χ0) is 14.8. The van der Waals surface area contributed by atoms with Crippen molar-refractivity contribution in [2.24, 2.45) is 0 Å². The molecule has 0 spiro atoms. The van der Waals surface area contributed by atoms with Crippen LogP contribution < -0.4 is 10.2 Å². The fourth-order valence-electron chi connectivity index (χ4n) is 2.95. The van der Waals surface area contributed by atoms with Crippen molar-refractivity contribution in [3.05, 3.63) is 10.9 Å². The molecular weight excluding hydrogens is 284 g/mol. The molecule has 2 aromatic rings. The molecule has 0 aliphatic carbocycles. The number of aliphatic hydroxyl groups excluding tert-OH is 1. The first-order chi connectivity index (χ1) is 10.2. The number of rotatable bonds is 4. The van der Waals surface area contributed by atoms with Crippen LogP contribution in [-0.4, -0.2) is 40.8 Å². The number of thiophene rings is 1. The third kappa shape index (κ3) is 2.82. The Hall–Kier alpha value is -1.40. The topological polar surface area (TPSA) is 61.3 Å². The molecule has 0 bridgehead atoms. The predicted molar refractivity (Wildman–Crippen MR) is 88.4 cm³/mol. The predicted octanol–water partition coefficient (Wildman–Crippen LogP) is 2.78. The molecule has 1 aliphatic heterocycles. The summed E-state index contributed by atoms with van der Waals surface area (Å²) in [6, 6.07) is 2.33. The molecule has 1 aliphatic rings. The molecule has 21 heavy (non-hydrogen) atoms. The zero-order valence-electron chi connectivity index (χ0n) is 12.6. The molecule has 1 saturated heterocycles. The van der Waals surface area contributed by atoms with Crippen LogP contribution in [0.2, 0.25) is 0 Å². The highest BCUT2D eigenvalue weighted by atomic mass is 32.1. The quantitative estimate of drug-likeness (QED) is 0.909. The minimum Gasteiger partial charge on any atom is -0.394 e. The van der Waals surface area contributed by atoms with E-state index in [2.05, 4.69) is 28.2 Å². The smallest absolute Gasteiger partial charge is 0.226 e. The Morgan fingerprint density at radius 2 is 2.29 bits per heavy atom. The number of fused-ring (bicyclic) bond motifs is 1. The Morgan fingerprint density at radius 1 is 1.43 bits per heavy atom. The number of nitrogens with zero attached hydrogens (tertiary/aromatic N) is 3. The van der Waals surface area contributed by atoms with E-state index in [0.717, 1.165) is 42.0 Å². The Morgan fingerprint density at radius 3 is 3.05 bits per heavy atom. The highest BCUT2D eigenvalue weighted by Crippen LogP contribution is 2.34. The summed E-state index contributed by atoms with van der Waals surface area (Å²) in [4.78, 5) is 13.9. The van der Waals surface area contributed by atoms with Crippen LogP contribution in [0.4, 0.5) is 11.8 Å². The summed E-state index contributed by atoms with van der Waals surface area (Å²) < 4.78 is 0. The molecular formula is C15H22N4OS. The van der Waals surface area contributed by atoms with E-state index in [9.17, 15) is 5.11 Å².